The lowest BCUT2D eigenvalue weighted by Crippen LogP contribution is -2.29. The molecule has 0 saturated heterocycles. The molecule has 0 bridgehead atoms. The van der Waals surface area contributed by atoms with Crippen molar-refractivity contribution in [3.05, 3.63) is 57.8 Å². The third kappa shape index (κ3) is 4.33. The van der Waals surface area contributed by atoms with Crippen LogP contribution >= 0.6 is 11.3 Å². The number of nitrogens with one attached hydrogen (secondary N) is 1. The number of ether oxygens (including phenoxy) is 1. The molecule has 1 amide bonds. The summed E-state index contributed by atoms with van der Waals surface area (Å²) in [6, 6.07) is 6.67. The van der Waals surface area contributed by atoms with Crippen LogP contribution in [0.3, 0.4) is 0 Å². The van der Waals surface area contributed by atoms with E-state index in [4.69, 9.17) is 9.84 Å². The van der Waals surface area contributed by atoms with Gasteiger partial charge in [0.05, 0.1) is 13.2 Å². The van der Waals surface area contributed by atoms with E-state index in [1.54, 1.807) is 0 Å². The first-order valence-corrected chi connectivity index (χ1v) is 7.49. The largest absolute Gasteiger partial charge is 0.394 e. The minimum Gasteiger partial charge on any atom is -0.394 e. The molecule has 1 aromatic heterocycles. The third-order valence-corrected chi connectivity index (χ3v) is 3.87. The van der Waals surface area contributed by atoms with Crippen LogP contribution in [0.15, 0.2) is 35.7 Å². The minimum atomic E-state index is -1.07. The zero-order valence-corrected chi connectivity index (χ0v) is 12.4. The Kier molecular flexibility index (Phi) is 6.00. The molecule has 0 spiro atoms. The molecule has 0 radical (unpaired) electrons. The van der Waals surface area contributed by atoms with Crippen LogP contribution in [0.4, 0.5) is 8.78 Å². The van der Waals surface area contributed by atoms with Gasteiger partial charge in [-0.15, -0.1) is 11.3 Å². The summed E-state index contributed by atoms with van der Waals surface area (Å²) in [5.41, 5.74) is 0.0333. The molecule has 1 atom stereocenters. The molecule has 0 saturated carbocycles. The normalized spacial score (nSPS) is 12.1. The van der Waals surface area contributed by atoms with Crippen LogP contribution in [-0.4, -0.2) is 30.8 Å². The van der Waals surface area contributed by atoms with Gasteiger partial charge in [0.1, 0.15) is 6.10 Å². The van der Waals surface area contributed by atoms with Gasteiger partial charge in [-0.3, -0.25) is 4.79 Å². The number of rotatable bonds is 7. The molecule has 2 aromatic rings. The second-order valence-electron chi connectivity index (χ2n) is 4.44. The van der Waals surface area contributed by atoms with E-state index in [1.807, 2.05) is 17.5 Å². The Morgan fingerprint density at radius 1 is 1.32 bits per heavy atom. The first-order chi connectivity index (χ1) is 10.6. The lowest BCUT2D eigenvalue weighted by molar-refractivity contribution is 0.0296. The van der Waals surface area contributed by atoms with E-state index in [0.29, 0.717) is 0 Å². The van der Waals surface area contributed by atoms with E-state index in [-0.39, 0.29) is 25.3 Å². The summed E-state index contributed by atoms with van der Waals surface area (Å²) in [4.78, 5) is 12.9. The highest BCUT2D eigenvalue weighted by molar-refractivity contribution is 7.10. The third-order valence-electron chi connectivity index (χ3n) is 2.90. The number of hydrogen-bond donors (Lipinski definition) is 2. The van der Waals surface area contributed by atoms with E-state index in [2.05, 4.69) is 5.32 Å². The summed E-state index contributed by atoms with van der Waals surface area (Å²) < 4.78 is 31.5. The molecule has 7 heteroatoms. The van der Waals surface area contributed by atoms with Gasteiger partial charge >= 0.3 is 0 Å². The second kappa shape index (κ2) is 7.98. The molecule has 0 aliphatic rings. The number of thiophene rings is 1. The predicted molar refractivity (Wildman–Crippen MR) is 78.8 cm³/mol. The molecule has 2 rings (SSSR count). The summed E-state index contributed by atoms with van der Waals surface area (Å²) >= 11 is 1.47. The highest BCUT2D eigenvalue weighted by Gasteiger charge is 2.16. The molecule has 22 heavy (non-hydrogen) atoms. The number of aliphatic hydroxyl groups is 1. The van der Waals surface area contributed by atoms with Gasteiger partial charge in [-0.05, 0) is 29.6 Å². The van der Waals surface area contributed by atoms with Crippen LogP contribution in [0.2, 0.25) is 0 Å². The van der Waals surface area contributed by atoms with Crippen LogP contribution in [0.25, 0.3) is 0 Å². The monoisotopic (exact) mass is 327 g/mol. The maximum absolute atomic E-state index is 13.1. The van der Waals surface area contributed by atoms with Crippen molar-refractivity contribution in [3.8, 4) is 0 Å². The number of aliphatic hydroxyl groups excluding tert-OH is 1. The van der Waals surface area contributed by atoms with Crippen molar-refractivity contribution < 1.29 is 23.4 Å². The molecule has 118 valence electrons. The fourth-order valence-corrected chi connectivity index (χ4v) is 2.61. The summed E-state index contributed by atoms with van der Waals surface area (Å²) in [6.07, 6.45) is -0.401. The van der Waals surface area contributed by atoms with Crippen LogP contribution in [-0.2, 0) is 4.74 Å². The van der Waals surface area contributed by atoms with Crippen molar-refractivity contribution in [2.24, 2.45) is 0 Å². The van der Waals surface area contributed by atoms with Gasteiger partial charge in [0.15, 0.2) is 11.6 Å². The Hall–Kier alpha value is -1.83. The molecular formula is C15H15F2NO3S. The number of halogens is 2. The topological polar surface area (TPSA) is 58.6 Å². The molecule has 0 unspecified atom stereocenters. The minimum absolute atomic E-state index is 0.0333. The lowest BCUT2D eigenvalue weighted by Gasteiger charge is -2.17. The summed E-state index contributed by atoms with van der Waals surface area (Å²) in [5.74, 6) is -2.59. The van der Waals surface area contributed by atoms with Crippen molar-refractivity contribution >= 4 is 17.2 Å². The van der Waals surface area contributed by atoms with Gasteiger partial charge in [-0.25, -0.2) is 8.78 Å². The molecule has 1 heterocycles. The number of carbonyl (C=O) groups excluding carboxylic acids is 1. The lowest BCUT2D eigenvalue weighted by atomic mass is 10.2. The number of hydrogen-bond acceptors (Lipinski definition) is 4. The summed E-state index contributed by atoms with van der Waals surface area (Å²) in [6.45, 7) is 0.181. The van der Waals surface area contributed by atoms with Gasteiger partial charge < -0.3 is 15.2 Å². The van der Waals surface area contributed by atoms with Crippen molar-refractivity contribution in [2.75, 3.05) is 19.8 Å². The highest BCUT2D eigenvalue weighted by atomic mass is 32.1. The first kappa shape index (κ1) is 16.5. The maximum atomic E-state index is 13.1. The Bertz CT molecular complexity index is 619. The second-order valence-corrected chi connectivity index (χ2v) is 5.42. The SMILES string of the molecule is O=C(NC[C@@H](OCCO)c1cccs1)c1ccc(F)c(F)c1. The summed E-state index contributed by atoms with van der Waals surface area (Å²) in [5, 5.41) is 13.3. The Morgan fingerprint density at radius 3 is 2.77 bits per heavy atom. The van der Waals surface area contributed by atoms with Crippen molar-refractivity contribution in [3.63, 3.8) is 0 Å². The average Bonchev–Trinajstić information content (AvgIpc) is 3.04. The van der Waals surface area contributed by atoms with Gasteiger partial charge in [-0.1, -0.05) is 6.07 Å². The molecule has 0 fully saturated rings. The van der Waals surface area contributed by atoms with E-state index in [9.17, 15) is 13.6 Å². The Morgan fingerprint density at radius 2 is 2.14 bits per heavy atom. The highest BCUT2D eigenvalue weighted by Crippen LogP contribution is 2.22. The van der Waals surface area contributed by atoms with Crippen LogP contribution in [0.5, 0.6) is 0 Å². The predicted octanol–water partition coefficient (Wildman–Crippen LogP) is 2.51. The van der Waals surface area contributed by atoms with Gasteiger partial charge in [-0.2, -0.15) is 0 Å². The molecule has 4 nitrogen and oxygen atoms in total. The molecule has 1 aromatic carbocycles. The van der Waals surface area contributed by atoms with Crippen molar-refractivity contribution in [1.29, 1.82) is 0 Å². The van der Waals surface area contributed by atoms with E-state index < -0.39 is 23.6 Å². The fraction of sp³-hybridized carbons (Fsp3) is 0.267. The van der Waals surface area contributed by atoms with E-state index in [0.717, 1.165) is 17.0 Å². The zero-order valence-electron chi connectivity index (χ0n) is 11.6. The van der Waals surface area contributed by atoms with Crippen molar-refractivity contribution in [2.45, 2.75) is 6.10 Å². The van der Waals surface area contributed by atoms with Crippen LogP contribution in [0, 0.1) is 11.6 Å². The van der Waals surface area contributed by atoms with E-state index >= 15 is 0 Å². The molecule has 0 aliphatic heterocycles. The number of amides is 1. The van der Waals surface area contributed by atoms with Crippen molar-refractivity contribution in [1.82, 2.24) is 5.32 Å². The maximum Gasteiger partial charge on any atom is 0.251 e. The van der Waals surface area contributed by atoms with Crippen LogP contribution in [0.1, 0.15) is 21.3 Å². The van der Waals surface area contributed by atoms with Crippen LogP contribution < -0.4 is 5.32 Å². The molecule has 0 aliphatic carbocycles. The van der Waals surface area contributed by atoms with Gasteiger partial charge in [0.2, 0.25) is 0 Å². The number of carbonyl (C=O) groups is 1. The fourth-order valence-electron chi connectivity index (χ4n) is 1.84. The zero-order chi connectivity index (χ0) is 15.9. The Labute approximate surface area is 130 Å². The number of benzene rings is 1. The quantitative estimate of drug-likeness (QED) is 0.821. The van der Waals surface area contributed by atoms with Gasteiger partial charge in [0, 0.05) is 17.0 Å². The Balaban J connectivity index is 1.99. The average molecular weight is 327 g/mol. The smallest absolute Gasteiger partial charge is 0.251 e. The molecule has 2 N–H and O–H groups in total. The van der Waals surface area contributed by atoms with Gasteiger partial charge in [0.25, 0.3) is 5.91 Å². The van der Waals surface area contributed by atoms with E-state index in [1.165, 1.54) is 17.4 Å². The standard InChI is InChI=1S/C15H15F2NO3S/c16-11-4-3-10(8-12(11)17)15(20)18-9-13(21-6-5-19)14-2-1-7-22-14/h1-4,7-8,13,19H,5-6,9H2,(H,18,20)/t13-/m1/s1. The summed E-state index contributed by atoms with van der Waals surface area (Å²) in [7, 11) is 0. The molecular weight excluding hydrogens is 312 g/mol. The first-order valence-electron chi connectivity index (χ1n) is 6.61.